The monoisotopic (exact) mass is 508 g/mol. The lowest BCUT2D eigenvalue weighted by atomic mass is 10.1. The van der Waals surface area contributed by atoms with Gasteiger partial charge in [-0.1, -0.05) is 48.0 Å². The Bertz CT molecular complexity index is 1320. The van der Waals surface area contributed by atoms with Crippen LogP contribution in [-0.4, -0.2) is 20.4 Å². The van der Waals surface area contributed by atoms with Crippen LogP contribution in [-0.2, 0) is 27.4 Å². The molecule has 0 radical (unpaired) electrons. The Morgan fingerprint density at radius 3 is 2.11 bits per heavy atom. The largest absolute Gasteiger partial charge is 0.419 e. The molecule has 5 nitrogen and oxygen atoms in total. The molecule has 35 heavy (non-hydrogen) atoms. The van der Waals surface area contributed by atoms with Gasteiger partial charge in [-0.3, -0.25) is 4.79 Å². The van der Waals surface area contributed by atoms with E-state index in [9.17, 15) is 30.8 Å². The van der Waals surface area contributed by atoms with E-state index in [0.717, 1.165) is 11.6 Å². The summed E-state index contributed by atoms with van der Waals surface area (Å²) in [5.41, 5.74) is 0.617. The Labute approximate surface area is 201 Å². The number of carbonyl (C=O) groups excluding carboxylic acids is 1. The van der Waals surface area contributed by atoms with Gasteiger partial charge < -0.3 is 5.32 Å². The zero-order valence-electron chi connectivity index (χ0n) is 19.2. The van der Waals surface area contributed by atoms with Gasteiger partial charge in [-0.2, -0.15) is 17.9 Å². The van der Waals surface area contributed by atoms with Crippen molar-refractivity contribution in [2.45, 2.75) is 44.3 Å². The molecule has 3 aromatic carbocycles. The number of benzene rings is 3. The van der Waals surface area contributed by atoms with Gasteiger partial charge >= 0.3 is 6.18 Å². The number of rotatable bonds is 7. The highest BCUT2D eigenvalue weighted by Gasteiger charge is 2.35. The first-order valence-electron chi connectivity index (χ1n) is 10.6. The summed E-state index contributed by atoms with van der Waals surface area (Å²) in [5, 5.41) is 2.28. The smallest absolute Gasteiger partial charge is 0.325 e. The van der Waals surface area contributed by atoms with E-state index < -0.39 is 39.5 Å². The number of hydrogen-bond acceptors (Lipinski definition) is 3. The molecule has 0 aromatic heterocycles. The van der Waals surface area contributed by atoms with Crippen LogP contribution in [0.2, 0.25) is 0 Å². The SMILES string of the molecule is Cc1cc(C)c(S(=O)(=O)N[C@@H](Cc2ccccc2)C(=O)Nc2ccc(F)c(C(F)(F)F)c2)c(C)c1. The number of alkyl halides is 3. The summed E-state index contributed by atoms with van der Waals surface area (Å²) in [4.78, 5) is 13.1. The van der Waals surface area contributed by atoms with Crippen molar-refractivity contribution in [2.24, 2.45) is 0 Å². The summed E-state index contributed by atoms with van der Waals surface area (Å²) >= 11 is 0. The predicted molar refractivity (Wildman–Crippen MR) is 125 cm³/mol. The fourth-order valence-corrected chi connectivity index (χ4v) is 5.57. The van der Waals surface area contributed by atoms with Crippen molar-refractivity contribution in [2.75, 3.05) is 5.32 Å². The number of nitrogens with one attached hydrogen (secondary N) is 2. The van der Waals surface area contributed by atoms with E-state index in [4.69, 9.17) is 0 Å². The zero-order chi connectivity index (χ0) is 26.0. The molecule has 0 saturated heterocycles. The molecule has 10 heteroatoms. The molecule has 0 spiro atoms. The Kier molecular flexibility index (Phi) is 7.66. The van der Waals surface area contributed by atoms with Crippen molar-refractivity contribution in [1.82, 2.24) is 4.72 Å². The van der Waals surface area contributed by atoms with Crippen molar-refractivity contribution in [1.29, 1.82) is 0 Å². The lowest BCUT2D eigenvalue weighted by Gasteiger charge is -2.21. The maximum absolute atomic E-state index is 13.6. The first kappa shape index (κ1) is 26.4. The van der Waals surface area contributed by atoms with Crippen LogP contribution in [0.3, 0.4) is 0 Å². The molecule has 3 rings (SSSR count). The van der Waals surface area contributed by atoms with Crippen molar-refractivity contribution >= 4 is 21.6 Å². The van der Waals surface area contributed by atoms with Crippen LogP contribution in [0, 0.1) is 26.6 Å². The highest BCUT2D eigenvalue weighted by Crippen LogP contribution is 2.33. The van der Waals surface area contributed by atoms with E-state index >= 15 is 0 Å². The quantitative estimate of drug-likeness (QED) is 0.426. The fourth-order valence-electron chi connectivity index (χ4n) is 3.92. The molecule has 0 bridgehead atoms. The summed E-state index contributed by atoms with van der Waals surface area (Å²) in [6.07, 6.45) is -5.03. The number of anilines is 1. The van der Waals surface area contributed by atoms with E-state index in [-0.39, 0.29) is 17.0 Å². The number of halogens is 4. The molecule has 0 saturated carbocycles. The molecule has 2 N–H and O–H groups in total. The number of carbonyl (C=O) groups is 1. The molecular formula is C25H24F4N2O3S. The summed E-state index contributed by atoms with van der Waals surface area (Å²) in [6.45, 7) is 5.10. The van der Waals surface area contributed by atoms with E-state index in [1.165, 1.54) is 0 Å². The van der Waals surface area contributed by atoms with Crippen LogP contribution in [0.4, 0.5) is 23.2 Å². The third kappa shape index (κ3) is 6.46. The highest BCUT2D eigenvalue weighted by atomic mass is 32.2. The molecule has 1 atom stereocenters. The van der Waals surface area contributed by atoms with Crippen molar-refractivity contribution in [3.63, 3.8) is 0 Å². The Morgan fingerprint density at radius 1 is 0.943 bits per heavy atom. The Morgan fingerprint density at radius 2 is 1.54 bits per heavy atom. The number of hydrogen-bond donors (Lipinski definition) is 2. The molecule has 0 unspecified atom stereocenters. The lowest BCUT2D eigenvalue weighted by molar-refractivity contribution is -0.140. The first-order chi connectivity index (χ1) is 16.3. The minimum Gasteiger partial charge on any atom is -0.325 e. The Balaban J connectivity index is 1.96. The van der Waals surface area contributed by atoms with E-state index in [1.807, 2.05) is 6.92 Å². The second-order valence-electron chi connectivity index (χ2n) is 8.27. The summed E-state index contributed by atoms with van der Waals surface area (Å²) in [5.74, 6) is -2.37. The number of amides is 1. The molecule has 1 amide bonds. The molecule has 0 aliphatic rings. The fraction of sp³-hybridized carbons (Fsp3) is 0.240. The zero-order valence-corrected chi connectivity index (χ0v) is 20.0. The molecule has 3 aromatic rings. The summed E-state index contributed by atoms with van der Waals surface area (Å²) < 4.78 is 81.9. The number of sulfonamides is 1. The predicted octanol–water partition coefficient (Wildman–Crippen LogP) is 5.30. The lowest BCUT2D eigenvalue weighted by Crippen LogP contribution is -2.45. The van der Waals surface area contributed by atoms with Gasteiger partial charge in [0, 0.05) is 5.69 Å². The molecule has 0 fully saturated rings. The summed E-state index contributed by atoms with van der Waals surface area (Å²) in [7, 11) is -4.18. The minimum absolute atomic E-state index is 0.0232. The van der Waals surface area contributed by atoms with Crippen LogP contribution < -0.4 is 10.0 Å². The topological polar surface area (TPSA) is 75.3 Å². The van der Waals surface area contributed by atoms with Crippen molar-refractivity contribution < 1.29 is 30.8 Å². The highest BCUT2D eigenvalue weighted by molar-refractivity contribution is 7.89. The minimum atomic E-state index is -4.96. The van der Waals surface area contributed by atoms with Crippen molar-refractivity contribution in [3.05, 3.63) is 94.3 Å². The molecule has 0 aliphatic heterocycles. The molecular weight excluding hydrogens is 484 g/mol. The van der Waals surface area contributed by atoms with Crippen LogP contribution in [0.5, 0.6) is 0 Å². The van der Waals surface area contributed by atoms with Crippen LogP contribution in [0.25, 0.3) is 0 Å². The van der Waals surface area contributed by atoms with Crippen LogP contribution >= 0.6 is 0 Å². The van der Waals surface area contributed by atoms with Gasteiger partial charge in [0.1, 0.15) is 11.9 Å². The average molecular weight is 509 g/mol. The van der Waals surface area contributed by atoms with Gasteiger partial charge in [0.15, 0.2) is 0 Å². The van der Waals surface area contributed by atoms with Gasteiger partial charge in [0.25, 0.3) is 0 Å². The first-order valence-corrected chi connectivity index (χ1v) is 12.1. The molecule has 0 heterocycles. The second-order valence-corrected chi connectivity index (χ2v) is 9.92. The van der Waals surface area contributed by atoms with Gasteiger partial charge in [-0.25, -0.2) is 12.8 Å². The third-order valence-corrected chi connectivity index (χ3v) is 7.09. The summed E-state index contributed by atoms with van der Waals surface area (Å²) in [6, 6.07) is 12.6. The molecule has 0 aliphatic carbocycles. The van der Waals surface area contributed by atoms with E-state index in [0.29, 0.717) is 28.8 Å². The van der Waals surface area contributed by atoms with Crippen LogP contribution in [0.1, 0.15) is 27.8 Å². The van der Waals surface area contributed by atoms with Crippen molar-refractivity contribution in [3.8, 4) is 0 Å². The maximum atomic E-state index is 13.6. The third-order valence-electron chi connectivity index (χ3n) is 5.31. The van der Waals surface area contributed by atoms with Gasteiger partial charge in [-0.05, 0) is 62.1 Å². The average Bonchev–Trinajstić information content (AvgIpc) is 2.73. The number of aryl methyl sites for hydroxylation is 3. The molecule has 186 valence electrons. The van der Waals surface area contributed by atoms with Gasteiger partial charge in [0.05, 0.1) is 10.5 Å². The van der Waals surface area contributed by atoms with Crippen LogP contribution in [0.15, 0.2) is 65.6 Å². The van der Waals surface area contributed by atoms with Gasteiger partial charge in [-0.15, -0.1) is 0 Å². The standard InChI is InChI=1S/C25H24F4N2O3S/c1-15-11-16(2)23(17(3)12-15)35(33,34)31-22(13-18-7-5-4-6-8-18)24(32)30-19-9-10-21(26)20(14-19)25(27,28)29/h4-12,14,22,31H,13H2,1-3H3,(H,30,32)/t22-/m0/s1. The maximum Gasteiger partial charge on any atom is 0.419 e. The van der Waals surface area contributed by atoms with Gasteiger partial charge in [0.2, 0.25) is 15.9 Å². The Hall–Kier alpha value is -3.24. The second kappa shape index (κ2) is 10.2. The normalized spacial score (nSPS) is 12.9. The van der Waals surface area contributed by atoms with E-state index in [1.54, 1.807) is 56.3 Å². The van der Waals surface area contributed by atoms with E-state index in [2.05, 4.69) is 10.0 Å².